The molecule has 0 unspecified atom stereocenters. The third-order valence-electron chi connectivity index (χ3n) is 2.93. The number of thioether (sulfide) groups is 1. The maximum absolute atomic E-state index is 12.3. The number of nitrogen functional groups attached to an aromatic ring is 1. The molecule has 0 radical (unpaired) electrons. The molecule has 1 aromatic carbocycles. The SMILES string of the molecule is CCOc1ccccc1NC(=O)[C@@H](C)Sc1nnc(C)n1N. The van der Waals surface area contributed by atoms with Crippen molar-refractivity contribution < 1.29 is 9.53 Å². The molecule has 0 saturated carbocycles. The highest BCUT2D eigenvalue weighted by atomic mass is 32.2. The zero-order valence-electron chi connectivity index (χ0n) is 12.7. The van der Waals surface area contributed by atoms with E-state index in [0.717, 1.165) is 0 Å². The van der Waals surface area contributed by atoms with Crippen molar-refractivity contribution in [3.63, 3.8) is 0 Å². The van der Waals surface area contributed by atoms with Gasteiger partial charge in [-0.1, -0.05) is 23.9 Å². The summed E-state index contributed by atoms with van der Waals surface area (Å²) in [7, 11) is 0. The van der Waals surface area contributed by atoms with E-state index in [0.29, 0.717) is 29.0 Å². The molecule has 0 spiro atoms. The second kappa shape index (κ2) is 7.17. The molecular weight excluding hydrogens is 302 g/mol. The Morgan fingerprint density at radius 3 is 2.82 bits per heavy atom. The van der Waals surface area contributed by atoms with Gasteiger partial charge in [0, 0.05) is 0 Å². The minimum atomic E-state index is -0.374. The third-order valence-corrected chi connectivity index (χ3v) is 3.99. The molecule has 1 aromatic heterocycles. The van der Waals surface area contributed by atoms with Crippen molar-refractivity contribution in [2.75, 3.05) is 17.8 Å². The van der Waals surface area contributed by atoms with Crippen LogP contribution in [0.2, 0.25) is 0 Å². The molecular formula is C14H19N5O2S. The van der Waals surface area contributed by atoms with Gasteiger partial charge in [0.15, 0.2) is 0 Å². The number of ether oxygens (including phenoxy) is 1. The summed E-state index contributed by atoms with van der Waals surface area (Å²) >= 11 is 1.25. The fourth-order valence-electron chi connectivity index (χ4n) is 1.73. The number of benzene rings is 1. The van der Waals surface area contributed by atoms with Crippen LogP contribution in [0, 0.1) is 6.92 Å². The smallest absolute Gasteiger partial charge is 0.237 e. The van der Waals surface area contributed by atoms with Gasteiger partial charge in [0.2, 0.25) is 11.1 Å². The second-order valence-corrected chi connectivity index (χ2v) is 5.89. The van der Waals surface area contributed by atoms with Crippen LogP contribution in [-0.2, 0) is 4.79 Å². The Balaban J connectivity index is 2.04. The maximum atomic E-state index is 12.3. The minimum absolute atomic E-state index is 0.155. The van der Waals surface area contributed by atoms with Crippen molar-refractivity contribution in [2.24, 2.45) is 0 Å². The molecule has 0 aliphatic rings. The summed E-state index contributed by atoms with van der Waals surface area (Å²) in [5, 5.41) is 10.8. The van der Waals surface area contributed by atoms with Crippen LogP contribution in [0.3, 0.4) is 0 Å². The lowest BCUT2D eigenvalue weighted by Crippen LogP contribution is -2.24. The molecule has 118 valence electrons. The van der Waals surface area contributed by atoms with Crippen molar-refractivity contribution in [3.8, 4) is 5.75 Å². The van der Waals surface area contributed by atoms with Crippen molar-refractivity contribution in [2.45, 2.75) is 31.2 Å². The molecule has 7 nitrogen and oxygen atoms in total. The largest absolute Gasteiger partial charge is 0.492 e. The van der Waals surface area contributed by atoms with E-state index in [1.165, 1.54) is 16.4 Å². The topological polar surface area (TPSA) is 95.1 Å². The van der Waals surface area contributed by atoms with Crippen molar-refractivity contribution in [3.05, 3.63) is 30.1 Å². The third kappa shape index (κ3) is 3.70. The minimum Gasteiger partial charge on any atom is -0.492 e. The van der Waals surface area contributed by atoms with Gasteiger partial charge in [-0.2, -0.15) is 0 Å². The molecule has 0 fully saturated rings. The van der Waals surface area contributed by atoms with E-state index in [4.69, 9.17) is 10.6 Å². The average Bonchev–Trinajstić information content (AvgIpc) is 2.81. The number of amides is 1. The van der Waals surface area contributed by atoms with E-state index >= 15 is 0 Å². The van der Waals surface area contributed by atoms with Gasteiger partial charge < -0.3 is 15.9 Å². The van der Waals surface area contributed by atoms with Crippen LogP contribution in [0.1, 0.15) is 19.7 Å². The number of aryl methyl sites for hydroxylation is 1. The summed E-state index contributed by atoms with van der Waals surface area (Å²) < 4.78 is 6.85. The van der Waals surface area contributed by atoms with Crippen LogP contribution in [0.25, 0.3) is 0 Å². The lowest BCUT2D eigenvalue weighted by molar-refractivity contribution is -0.115. The monoisotopic (exact) mass is 321 g/mol. The van der Waals surface area contributed by atoms with Gasteiger partial charge in [-0.05, 0) is 32.9 Å². The molecule has 3 N–H and O–H groups in total. The van der Waals surface area contributed by atoms with E-state index in [1.54, 1.807) is 19.9 Å². The number of anilines is 1. The fraction of sp³-hybridized carbons (Fsp3) is 0.357. The summed E-state index contributed by atoms with van der Waals surface area (Å²) in [4.78, 5) is 12.3. The summed E-state index contributed by atoms with van der Waals surface area (Å²) in [6, 6.07) is 7.32. The van der Waals surface area contributed by atoms with Gasteiger partial charge in [-0.25, -0.2) is 4.68 Å². The Morgan fingerprint density at radius 2 is 2.18 bits per heavy atom. The Hall–Kier alpha value is -2.22. The first-order valence-corrected chi connectivity index (χ1v) is 7.77. The number of aromatic nitrogens is 3. The lowest BCUT2D eigenvalue weighted by atomic mass is 10.3. The predicted molar refractivity (Wildman–Crippen MR) is 86.5 cm³/mol. The number of carbonyl (C=O) groups excluding carboxylic acids is 1. The molecule has 1 atom stereocenters. The van der Waals surface area contributed by atoms with Gasteiger partial charge in [-0.15, -0.1) is 10.2 Å². The molecule has 1 heterocycles. The zero-order valence-corrected chi connectivity index (χ0v) is 13.6. The molecule has 0 aliphatic carbocycles. The van der Waals surface area contributed by atoms with Crippen LogP contribution in [0.15, 0.2) is 29.4 Å². The molecule has 0 bridgehead atoms. The summed E-state index contributed by atoms with van der Waals surface area (Å²) in [5.74, 6) is 6.87. The summed E-state index contributed by atoms with van der Waals surface area (Å²) in [5.41, 5.74) is 0.646. The van der Waals surface area contributed by atoms with E-state index in [9.17, 15) is 4.79 Å². The molecule has 0 aliphatic heterocycles. The van der Waals surface area contributed by atoms with E-state index in [2.05, 4.69) is 15.5 Å². The molecule has 22 heavy (non-hydrogen) atoms. The first-order valence-electron chi connectivity index (χ1n) is 6.89. The van der Waals surface area contributed by atoms with Gasteiger partial charge >= 0.3 is 0 Å². The molecule has 8 heteroatoms. The lowest BCUT2D eigenvalue weighted by Gasteiger charge is -2.14. The number of nitrogens with zero attached hydrogens (tertiary/aromatic N) is 3. The highest BCUT2D eigenvalue weighted by Gasteiger charge is 2.19. The van der Waals surface area contributed by atoms with Gasteiger partial charge in [0.25, 0.3) is 0 Å². The Labute approximate surface area is 133 Å². The number of carbonyl (C=O) groups is 1. The number of rotatable bonds is 6. The summed E-state index contributed by atoms with van der Waals surface area (Å²) in [6.45, 7) is 5.97. The van der Waals surface area contributed by atoms with Crippen molar-refractivity contribution >= 4 is 23.4 Å². The normalized spacial score (nSPS) is 12.0. The maximum Gasteiger partial charge on any atom is 0.237 e. The number of nitrogens with one attached hydrogen (secondary N) is 1. The van der Waals surface area contributed by atoms with E-state index < -0.39 is 0 Å². The van der Waals surface area contributed by atoms with Crippen molar-refractivity contribution in [1.29, 1.82) is 0 Å². The number of hydrogen-bond donors (Lipinski definition) is 2. The van der Waals surface area contributed by atoms with Gasteiger partial charge in [0.05, 0.1) is 17.5 Å². The quantitative estimate of drug-likeness (QED) is 0.622. The number of hydrogen-bond acceptors (Lipinski definition) is 6. The van der Waals surface area contributed by atoms with Crippen LogP contribution < -0.4 is 15.9 Å². The molecule has 2 aromatic rings. The molecule has 0 saturated heterocycles. The fourth-order valence-corrected chi connectivity index (χ4v) is 2.54. The second-order valence-electron chi connectivity index (χ2n) is 4.58. The Morgan fingerprint density at radius 1 is 1.45 bits per heavy atom. The Bertz CT molecular complexity index is 658. The highest BCUT2D eigenvalue weighted by Crippen LogP contribution is 2.26. The van der Waals surface area contributed by atoms with E-state index in [-0.39, 0.29) is 11.2 Å². The predicted octanol–water partition coefficient (Wildman–Crippen LogP) is 1.82. The van der Waals surface area contributed by atoms with Crippen LogP contribution in [-0.4, -0.2) is 32.6 Å². The Kier molecular flexibility index (Phi) is 5.26. The van der Waals surface area contributed by atoms with E-state index in [1.807, 2.05) is 25.1 Å². The zero-order chi connectivity index (χ0) is 16.1. The van der Waals surface area contributed by atoms with Crippen LogP contribution in [0.5, 0.6) is 5.75 Å². The highest BCUT2D eigenvalue weighted by molar-refractivity contribution is 8.00. The number of para-hydroxylation sites is 2. The standard InChI is InChI=1S/C14H19N5O2S/c1-4-21-12-8-6-5-7-11(12)16-13(20)9(2)22-14-18-17-10(3)19(14)15/h5-9H,4,15H2,1-3H3,(H,16,20)/t9-/m1/s1. The first kappa shape index (κ1) is 16.2. The first-order chi connectivity index (χ1) is 10.5. The van der Waals surface area contributed by atoms with Gasteiger partial charge in [-0.3, -0.25) is 4.79 Å². The van der Waals surface area contributed by atoms with Crippen LogP contribution in [0.4, 0.5) is 5.69 Å². The van der Waals surface area contributed by atoms with Crippen LogP contribution >= 0.6 is 11.8 Å². The average molecular weight is 321 g/mol. The van der Waals surface area contributed by atoms with Gasteiger partial charge in [0.1, 0.15) is 11.6 Å². The van der Waals surface area contributed by atoms with Crippen molar-refractivity contribution in [1.82, 2.24) is 14.9 Å². The molecule has 1 amide bonds. The molecule has 2 rings (SSSR count). The number of nitrogens with two attached hydrogens (primary N) is 1. The summed E-state index contributed by atoms with van der Waals surface area (Å²) in [6.07, 6.45) is 0.